The molecule has 2 aromatic carbocycles. The summed E-state index contributed by atoms with van der Waals surface area (Å²) in [5.74, 6) is 1.23. The van der Waals surface area contributed by atoms with Gasteiger partial charge in [0, 0.05) is 18.0 Å². The topological polar surface area (TPSA) is 61.3 Å². The Labute approximate surface area is 222 Å². The van der Waals surface area contributed by atoms with Crippen molar-refractivity contribution in [2.24, 2.45) is 0 Å². The van der Waals surface area contributed by atoms with Crippen LogP contribution in [0, 0.1) is 0 Å². The van der Waals surface area contributed by atoms with Gasteiger partial charge in [0.15, 0.2) is 5.82 Å². The third-order valence-electron chi connectivity index (χ3n) is 6.50. The Bertz CT molecular complexity index is 1050. The average Bonchev–Trinajstić information content (AvgIpc) is 2.93. The molecule has 5 nitrogen and oxygen atoms in total. The molecule has 37 heavy (non-hydrogen) atoms. The van der Waals surface area contributed by atoms with E-state index in [1.165, 1.54) is 50.5 Å². The summed E-state index contributed by atoms with van der Waals surface area (Å²) in [6, 6.07) is 15.3. The van der Waals surface area contributed by atoms with Crippen molar-refractivity contribution in [2.45, 2.75) is 97.7 Å². The van der Waals surface area contributed by atoms with Crippen molar-refractivity contribution in [2.75, 3.05) is 0 Å². The maximum absolute atomic E-state index is 12.4. The Hall–Kier alpha value is -3.21. The van der Waals surface area contributed by atoms with Crippen molar-refractivity contribution in [3.05, 3.63) is 77.6 Å². The molecule has 0 aliphatic heterocycles. The molecule has 1 heterocycles. The first-order chi connectivity index (χ1) is 18.1. The number of carbonyl (C=O) groups is 1. The van der Waals surface area contributed by atoms with Crippen LogP contribution >= 0.6 is 0 Å². The highest BCUT2D eigenvalue weighted by atomic mass is 16.5. The van der Waals surface area contributed by atoms with E-state index in [1.807, 2.05) is 55.7 Å². The zero-order valence-corrected chi connectivity index (χ0v) is 22.7. The monoisotopic (exact) mass is 502 g/mol. The molecular formula is C32H42N2O3. The van der Waals surface area contributed by atoms with E-state index in [1.54, 1.807) is 12.1 Å². The molecule has 1 aromatic heterocycles. The van der Waals surface area contributed by atoms with Crippen molar-refractivity contribution in [3.8, 4) is 17.1 Å². The summed E-state index contributed by atoms with van der Waals surface area (Å²) in [5, 5.41) is 0. The van der Waals surface area contributed by atoms with Crippen molar-refractivity contribution < 1.29 is 14.3 Å². The number of hydrogen-bond donors (Lipinski definition) is 0. The van der Waals surface area contributed by atoms with E-state index < -0.39 is 0 Å². The molecule has 0 N–H and O–H groups in total. The second-order valence-corrected chi connectivity index (χ2v) is 9.80. The third-order valence-corrected chi connectivity index (χ3v) is 6.50. The molecule has 0 aliphatic rings. The van der Waals surface area contributed by atoms with E-state index in [0.29, 0.717) is 12.2 Å². The summed E-state index contributed by atoms with van der Waals surface area (Å²) >= 11 is 0. The Morgan fingerprint density at radius 2 is 1.43 bits per heavy atom. The van der Waals surface area contributed by atoms with E-state index >= 15 is 0 Å². The molecule has 198 valence electrons. The first-order valence-corrected chi connectivity index (χ1v) is 13.9. The minimum absolute atomic E-state index is 0.0609. The van der Waals surface area contributed by atoms with Crippen LogP contribution in [0.25, 0.3) is 11.4 Å². The zero-order valence-electron chi connectivity index (χ0n) is 22.7. The minimum Gasteiger partial charge on any atom is -0.489 e. The zero-order chi connectivity index (χ0) is 26.3. The van der Waals surface area contributed by atoms with E-state index in [9.17, 15) is 4.79 Å². The van der Waals surface area contributed by atoms with Gasteiger partial charge in [0.25, 0.3) is 0 Å². The molecule has 0 aliphatic carbocycles. The minimum atomic E-state index is -0.266. The lowest BCUT2D eigenvalue weighted by Crippen LogP contribution is -2.15. The van der Waals surface area contributed by atoms with E-state index in [0.717, 1.165) is 42.0 Å². The molecule has 0 bridgehead atoms. The second kappa shape index (κ2) is 15.8. The summed E-state index contributed by atoms with van der Waals surface area (Å²) in [5.41, 5.74) is 3.72. The molecule has 0 saturated heterocycles. The third kappa shape index (κ3) is 9.99. The normalized spacial score (nSPS) is 11.8. The largest absolute Gasteiger partial charge is 0.489 e. The Morgan fingerprint density at radius 1 is 0.784 bits per heavy atom. The van der Waals surface area contributed by atoms with Gasteiger partial charge in [-0.15, -0.1) is 0 Å². The van der Waals surface area contributed by atoms with Crippen LogP contribution in [0.15, 0.2) is 60.9 Å². The predicted octanol–water partition coefficient (Wildman–Crippen LogP) is 8.36. The first-order valence-electron chi connectivity index (χ1n) is 13.9. The van der Waals surface area contributed by atoms with Gasteiger partial charge in [0.05, 0.1) is 11.7 Å². The standard InChI is InChI=1S/C32H42N2O3/c1-4-6-8-10-12-25(3)37-32(35)29-16-14-26(15-17-29)24-36-30-20-18-28(19-21-30)31-33-22-27(23-34-31)13-11-9-7-5-2/h14-23,25H,4-13,24H2,1-3H3. The van der Waals surface area contributed by atoms with Crippen LogP contribution in [0.2, 0.25) is 0 Å². The molecular weight excluding hydrogens is 460 g/mol. The van der Waals surface area contributed by atoms with Gasteiger partial charge < -0.3 is 9.47 Å². The highest BCUT2D eigenvalue weighted by Gasteiger charge is 2.12. The van der Waals surface area contributed by atoms with Gasteiger partial charge in [-0.2, -0.15) is 0 Å². The van der Waals surface area contributed by atoms with E-state index in [2.05, 4.69) is 23.8 Å². The molecule has 3 rings (SSSR count). The van der Waals surface area contributed by atoms with Crippen molar-refractivity contribution in [1.29, 1.82) is 0 Å². The van der Waals surface area contributed by atoms with Crippen molar-refractivity contribution in [1.82, 2.24) is 9.97 Å². The molecule has 1 atom stereocenters. The number of hydrogen-bond acceptors (Lipinski definition) is 5. The van der Waals surface area contributed by atoms with Gasteiger partial charge in [0.2, 0.25) is 0 Å². The SMILES string of the molecule is CCCCCCc1cnc(-c2ccc(OCc3ccc(C(=O)OC(C)CCCCCC)cc3)cc2)nc1. The molecule has 0 amide bonds. The van der Waals surface area contributed by atoms with Crippen LogP contribution in [0.5, 0.6) is 5.75 Å². The van der Waals surface area contributed by atoms with Gasteiger partial charge >= 0.3 is 5.97 Å². The fraction of sp³-hybridized carbons (Fsp3) is 0.469. The lowest BCUT2D eigenvalue weighted by molar-refractivity contribution is 0.0319. The van der Waals surface area contributed by atoms with E-state index in [-0.39, 0.29) is 12.1 Å². The molecule has 0 spiro atoms. The summed E-state index contributed by atoms with van der Waals surface area (Å²) < 4.78 is 11.5. The number of unbranched alkanes of at least 4 members (excludes halogenated alkanes) is 6. The number of esters is 1. The van der Waals surface area contributed by atoms with Crippen LogP contribution in [0.4, 0.5) is 0 Å². The highest BCUT2D eigenvalue weighted by Crippen LogP contribution is 2.21. The number of aromatic nitrogens is 2. The Morgan fingerprint density at radius 3 is 2.08 bits per heavy atom. The maximum atomic E-state index is 12.4. The van der Waals surface area contributed by atoms with Crippen molar-refractivity contribution >= 4 is 5.97 Å². The van der Waals surface area contributed by atoms with Crippen LogP contribution in [-0.2, 0) is 17.8 Å². The van der Waals surface area contributed by atoms with Crippen LogP contribution < -0.4 is 4.74 Å². The Kier molecular flexibility index (Phi) is 12.1. The van der Waals surface area contributed by atoms with Gasteiger partial charge in [-0.25, -0.2) is 14.8 Å². The fourth-order valence-electron chi connectivity index (χ4n) is 4.16. The maximum Gasteiger partial charge on any atom is 0.338 e. The smallest absolute Gasteiger partial charge is 0.338 e. The van der Waals surface area contributed by atoms with Gasteiger partial charge in [-0.1, -0.05) is 64.5 Å². The number of carbonyl (C=O) groups excluding carboxylic acids is 1. The van der Waals surface area contributed by atoms with Crippen LogP contribution in [0.3, 0.4) is 0 Å². The number of nitrogens with zero attached hydrogens (tertiary/aromatic N) is 2. The van der Waals surface area contributed by atoms with E-state index in [4.69, 9.17) is 9.47 Å². The number of aryl methyl sites for hydroxylation is 1. The lowest BCUT2D eigenvalue weighted by Gasteiger charge is -2.13. The molecule has 0 radical (unpaired) electrons. The number of benzene rings is 2. The molecule has 0 saturated carbocycles. The summed E-state index contributed by atoms with van der Waals surface area (Å²) in [7, 11) is 0. The molecule has 1 unspecified atom stereocenters. The fourth-order valence-corrected chi connectivity index (χ4v) is 4.16. The van der Waals surface area contributed by atoms with Gasteiger partial charge in [-0.3, -0.25) is 0 Å². The van der Waals surface area contributed by atoms with Crippen molar-refractivity contribution in [3.63, 3.8) is 0 Å². The molecule has 0 fully saturated rings. The summed E-state index contributed by atoms with van der Waals surface area (Å²) in [6.45, 7) is 6.81. The van der Waals surface area contributed by atoms with Gasteiger partial charge in [0.1, 0.15) is 12.4 Å². The van der Waals surface area contributed by atoms with Crippen LogP contribution in [-0.4, -0.2) is 22.0 Å². The first kappa shape index (κ1) is 28.4. The van der Waals surface area contributed by atoms with Gasteiger partial charge in [-0.05, 0) is 80.1 Å². The lowest BCUT2D eigenvalue weighted by atomic mass is 10.1. The average molecular weight is 503 g/mol. The second-order valence-electron chi connectivity index (χ2n) is 9.80. The summed E-state index contributed by atoms with van der Waals surface area (Å²) in [6.07, 6.45) is 15.5. The number of rotatable bonds is 16. The quantitative estimate of drug-likeness (QED) is 0.145. The van der Waals surface area contributed by atoms with Crippen LogP contribution in [0.1, 0.15) is 100 Å². The predicted molar refractivity (Wildman–Crippen MR) is 150 cm³/mol. The summed E-state index contributed by atoms with van der Waals surface area (Å²) in [4.78, 5) is 21.5. The molecule has 5 heteroatoms. The molecule has 3 aromatic rings. The Balaban J connectivity index is 1.44. The number of ether oxygens (including phenoxy) is 2. The highest BCUT2D eigenvalue weighted by molar-refractivity contribution is 5.89.